The quantitative estimate of drug-likeness (QED) is 0.621. The first-order chi connectivity index (χ1) is 12.6. The first-order valence-corrected chi connectivity index (χ1v) is 10.4. The Hall–Kier alpha value is -1.82. The van der Waals surface area contributed by atoms with Gasteiger partial charge in [-0.2, -0.15) is 0 Å². The fourth-order valence-corrected chi connectivity index (χ4v) is 4.50. The van der Waals surface area contributed by atoms with E-state index >= 15 is 0 Å². The average Bonchev–Trinajstić information content (AvgIpc) is 2.67. The molecule has 6 heteroatoms. The molecule has 3 rings (SSSR count). The Morgan fingerprint density at radius 3 is 2.77 bits per heavy atom. The lowest BCUT2D eigenvalue weighted by Crippen LogP contribution is -2.35. The lowest BCUT2D eigenvalue weighted by Gasteiger charge is -2.22. The van der Waals surface area contributed by atoms with Gasteiger partial charge in [-0.15, -0.1) is 0 Å². The first kappa shape index (κ1) is 19.0. The monoisotopic (exact) mass is 373 g/mol. The van der Waals surface area contributed by atoms with Crippen molar-refractivity contribution in [2.24, 2.45) is 5.92 Å². The predicted octanol–water partition coefficient (Wildman–Crippen LogP) is 3.59. The molecule has 0 spiro atoms. The molecule has 1 unspecified atom stereocenters. The summed E-state index contributed by atoms with van der Waals surface area (Å²) in [7, 11) is 0. The number of amides is 1. The second-order valence-corrected chi connectivity index (χ2v) is 8.28. The number of aromatic nitrogens is 2. The summed E-state index contributed by atoms with van der Waals surface area (Å²) in [5, 5.41) is 4.03. The molecule has 1 fully saturated rings. The number of carbonyl (C=O) groups is 1. The molecule has 1 N–H and O–H groups in total. The van der Waals surface area contributed by atoms with Crippen LogP contribution in [0.4, 0.5) is 0 Å². The molecule has 1 atom stereocenters. The molecular formula is C20H27N3O2S. The number of carbonyl (C=O) groups excluding carboxylic acids is 1. The number of nitrogens with zero attached hydrogens (tertiary/aromatic N) is 2. The molecule has 5 nitrogen and oxygen atoms in total. The summed E-state index contributed by atoms with van der Waals surface area (Å²) in [4.78, 5) is 29.8. The third kappa shape index (κ3) is 4.29. The fraction of sp³-hybridized carbons (Fsp3) is 0.550. The van der Waals surface area contributed by atoms with E-state index in [0.29, 0.717) is 28.5 Å². The Bertz CT molecular complexity index is 827. The van der Waals surface area contributed by atoms with Crippen LogP contribution in [-0.2, 0) is 11.3 Å². The maximum Gasteiger partial charge on any atom is 0.262 e. The molecule has 1 heterocycles. The van der Waals surface area contributed by atoms with Gasteiger partial charge in [0.2, 0.25) is 5.91 Å². The number of benzene rings is 1. The second kappa shape index (κ2) is 8.71. The minimum absolute atomic E-state index is 0.0191. The molecule has 1 aromatic heterocycles. The van der Waals surface area contributed by atoms with Gasteiger partial charge in [0.1, 0.15) is 0 Å². The van der Waals surface area contributed by atoms with Crippen molar-refractivity contribution in [3.63, 3.8) is 0 Å². The van der Waals surface area contributed by atoms with Crippen LogP contribution in [-0.4, -0.2) is 27.3 Å². The number of hydrogen-bond donors (Lipinski definition) is 1. The third-order valence-corrected chi connectivity index (χ3v) is 6.17. The molecule has 0 aliphatic heterocycles. The van der Waals surface area contributed by atoms with Crippen molar-refractivity contribution < 1.29 is 4.79 Å². The van der Waals surface area contributed by atoms with Crippen LogP contribution in [0.5, 0.6) is 0 Å². The Labute approximate surface area is 158 Å². The van der Waals surface area contributed by atoms with E-state index < -0.39 is 0 Å². The van der Waals surface area contributed by atoms with Crippen molar-refractivity contribution in [3.05, 3.63) is 34.6 Å². The van der Waals surface area contributed by atoms with Crippen molar-refractivity contribution in [1.82, 2.24) is 14.9 Å². The molecule has 1 saturated carbocycles. The summed E-state index contributed by atoms with van der Waals surface area (Å²) in [6.45, 7) is 5.10. The standard InChI is InChI=1S/C20H27N3O2S/c1-3-23-19(25)16-11-7-8-12-17(16)22-20(23)26-14(2)18(24)21-13-15-9-5-4-6-10-15/h7-8,11-12,14-15H,3-6,9-10,13H2,1-2H3,(H,21,24). The van der Waals surface area contributed by atoms with E-state index in [4.69, 9.17) is 0 Å². The molecule has 0 radical (unpaired) electrons. The zero-order chi connectivity index (χ0) is 18.5. The molecule has 0 saturated heterocycles. The lowest BCUT2D eigenvalue weighted by molar-refractivity contribution is -0.120. The summed E-state index contributed by atoms with van der Waals surface area (Å²) >= 11 is 1.36. The van der Waals surface area contributed by atoms with Crippen LogP contribution in [0.25, 0.3) is 10.9 Å². The summed E-state index contributed by atoms with van der Waals surface area (Å²) in [5.74, 6) is 0.628. The van der Waals surface area contributed by atoms with Crippen LogP contribution in [0.1, 0.15) is 46.0 Å². The van der Waals surface area contributed by atoms with Gasteiger partial charge in [-0.05, 0) is 44.7 Å². The Morgan fingerprint density at radius 1 is 1.31 bits per heavy atom. The Morgan fingerprint density at radius 2 is 2.04 bits per heavy atom. The highest BCUT2D eigenvalue weighted by atomic mass is 32.2. The van der Waals surface area contributed by atoms with Gasteiger partial charge in [-0.25, -0.2) is 4.98 Å². The molecule has 2 aromatic rings. The molecule has 26 heavy (non-hydrogen) atoms. The Balaban J connectivity index is 1.70. The number of para-hydroxylation sites is 1. The van der Waals surface area contributed by atoms with Gasteiger partial charge in [-0.1, -0.05) is 43.2 Å². The van der Waals surface area contributed by atoms with E-state index in [0.717, 1.165) is 6.54 Å². The van der Waals surface area contributed by atoms with Crippen molar-refractivity contribution in [1.29, 1.82) is 0 Å². The van der Waals surface area contributed by atoms with Crippen LogP contribution >= 0.6 is 11.8 Å². The van der Waals surface area contributed by atoms with Crippen molar-refractivity contribution in [2.75, 3.05) is 6.54 Å². The lowest BCUT2D eigenvalue weighted by atomic mass is 9.89. The largest absolute Gasteiger partial charge is 0.355 e. The van der Waals surface area contributed by atoms with Crippen molar-refractivity contribution in [3.8, 4) is 0 Å². The van der Waals surface area contributed by atoms with E-state index in [1.807, 2.05) is 32.0 Å². The number of thioether (sulfide) groups is 1. The van der Waals surface area contributed by atoms with E-state index in [-0.39, 0.29) is 16.7 Å². The minimum atomic E-state index is -0.288. The summed E-state index contributed by atoms with van der Waals surface area (Å²) in [6, 6.07) is 7.36. The van der Waals surface area contributed by atoms with Gasteiger partial charge in [-0.3, -0.25) is 14.2 Å². The molecule has 1 amide bonds. The molecule has 1 aromatic carbocycles. The number of rotatable bonds is 6. The molecular weight excluding hydrogens is 346 g/mol. The number of fused-ring (bicyclic) bond motifs is 1. The summed E-state index contributed by atoms with van der Waals surface area (Å²) in [6.07, 6.45) is 6.29. The highest BCUT2D eigenvalue weighted by molar-refractivity contribution is 8.00. The molecule has 0 bridgehead atoms. The van der Waals surface area contributed by atoms with Gasteiger partial charge in [0.25, 0.3) is 5.56 Å². The number of nitrogens with one attached hydrogen (secondary N) is 1. The van der Waals surface area contributed by atoms with Crippen molar-refractivity contribution >= 4 is 28.6 Å². The highest BCUT2D eigenvalue weighted by Crippen LogP contribution is 2.24. The minimum Gasteiger partial charge on any atom is -0.355 e. The van der Waals surface area contributed by atoms with Gasteiger partial charge in [0.15, 0.2) is 5.16 Å². The van der Waals surface area contributed by atoms with Crippen LogP contribution in [0.3, 0.4) is 0 Å². The van der Waals surface area contributed by atoms with Crippen LogP contribution in [0.2, 0.25) is 0 Å². The highest BCUT2D eigenvalue weighted by Gasteiger charge is 2.20. The Kier molecular flexibility index (Phi) is 6.35. The van der Waals surface area contributed by atoms with Crippen LogP contribution in [0.15, 0.2) is 34.2 Å². The summed E-state index contributed by atoms with van der Waals surface area (Å²) in [5.41, 5.74) is 0.634. The maximum absolute atomic E-state index is 12.7. The zero-order valence-electron chi connectivity index (χ0n) is 15.5. The molecule has 140 valence electrons. The topological polar surface area (TPSA) is 64.0 Å². The molecule has 1 aliphatic carbocycles. The maximum atomic E-state index is 12.7. The SMILES string of the molecule is CCn1c(SC(C)C(=O)NCC2CCCCC2)nc2ccccc2c1=O. The fourth-order valence-electron chi connectivity index (χ4n) is 3.51. The second-order valence-electron chi connectivity index (χ2n) is 6.97. The van der Waals surface area contributed by atoms with Crippen LogP contribution in [0, 0.1) is 5.92 Å². The van der Waals surface area contributed by atoms with E-state index in [1.54, 1.807) is 10.6 Å². The van der Waals surface area contributed by atoms with Gasteiger partial charge in [0, 0.05) is 13.1 Å². The van der Waals surface area contributed by atoms with Gasteiger partial charge >= 0.3 is 0 Å². The third-order valence-electron chi connectivity index (χ3n) is 5.08. The summed E-state index contributed by atoms with van der Waals surface area (Å²) < 4.78 is 1.65. The van der Waals surface area contributed by atoms with E-state index in [2.05, 4.69) is 10.3 Å². The van der Waals surface area contributed by atoms with Gasteiger partial charge < -0.3 is 5.32 Å². The zero-order valence-corrected chi connectivity index (χ0v) is 16.3. The van der Waals surface area contributed by atoms with Crippen LogP contribution < -0.4 is 10.9 Å². The number of hydrogen-bond acceptors (Lipinski definition) is 4. The average molecular weight is 374 g/mol. The predicted molar refractivity (Wildman–Crippen MR) is 107 cm³/mol. The van der Waals surface area contributed by atoms with E-state index in [9.17, 15) is 9.59 Å². The first-order valence-electron chi connectivity index (χ1n) is 9.54. The smallest absolute Gasteiger partial charge is 0.262 e. The normalized spacial score (nSPS) is 16.5. The van der Waals surface area contributed by atoms with Gasteiger partial charge in [0.05, 0.1) is 16.2 Å². The molecule has 1 aliphatic rings. The van der Waals surface area contributed by atoms with Crippen molar-refractivity contribution in [2.45, 2.75) is 62.9 Å². The van der Waals surface area contributed by atoms with E-state index in [1.165, 1.54) is 43.9 Å².